The monoisotopic (exact) mass is 804 g/mol. The van der Waals surface area contributed by atoms with Gasteiger partial charge in [0, 0.05) is 32.9 Å². The van der Waals surface area contributed by atoms with Crippen molar-refractivity contribution in [1.82, 2.24) is 0 Å². The first-order valence-corrected chi connectivity index (χ1v) is 18.6. The molecule has 0 radical (unpaired) electrons. The Labute approximate surface area is 344 Å². The molecule has 0 fully saturated rings. The van der Waals surface area contributed by atoms with Crippen molar-refractivity contribution in [3.05, 3.63) is 106 Å². The Morgan fingerprint density at radius 3 is 1.50 bits per heavy atom. The minimum absolute atomic E-state index is 0.0177. The number of ether oxygens (including phenoxy) is 8. The number of cyclic esters (lactones) is 2. The van der Waals surface area contributed by atoms with Crippen molar-refractivity contribution in [2.75, 3.05) is 28.4 Å². The van der Waals surface area contributed by atoms with Crippen molar-refractivity contribution in [3.8, 4) is 68.9 Å². The van der Waals surface area contributed by atoms with Crippen LogP contribution in [0.2, 0.25) is 0 Å². The summed E-state index contributed by atoms with van der Waals surface area (Å²) in [6.07, 6.45) is -2.09. The third kappa shape index (κ3) is 6.28. The van der Waals surface area contributed by atoms with Gasteiger partial charge in [0.05, 0.1) is 68.4 Å². The molecule has 13 heteroatoms. The number of carbonyl (C=O) groups excluding carboxylic acids is 3. The number of hydrogen-bond acceptors (Lipinski definition) is 13. The maximum atomic E-state index is 14.5. The second-order valence-electron chi connectivity index (χ2n) is 15.1. The van der Waals surface area contributed by atoms with E-state index >= 15 is 0 Å². The highest BCUT2D eigenvalue weighted by atomic mass is 16.7. The fraction of sp³-hybridized carbons (Fsp3) is 0.213. The predicted molar refractivity (Wildman–Crippen MR) is 218 cm³/mol. The molecule has 0 bridgehead atoms. The van der Waals surface area contributed by atoms with E-state index in [0.717, 1.165) is 0 Å². The summed E-state index contributed by atoms with van der Waals surface area (Å²) in [5.41, 5.74) is 3.19. The Kier molecular flexibility index (Phi) is 9.68. The van der Waals surface area contributed by atoms with Crippen molar-refractivity contribution in [2.24, 2.45) is 5.41 Å². The summed E-state index contributed by atoms with van der Waals surface area (Å²) in [7, 11) is 5.88. The van der Waals surface area contributed by atoms with Gasteiger partial charge in [-0.1, -0.05) is 45.0 Å². The summed E-state index contributed by atoms with van der Waals surface area (Å²) in [6.45, 7) is 5.46. The van der Waals surface area contributed by atoms with Gasteiger partial charge in [-0.3, -0.25) is 0 Å². The van der Waals surface area contributed by atoms with Gasteiger partial charge in [-0.05, 0) is 70.4 Å². The molecule has 0 aromatic heterocycles. The summed E-state index contributed by atoms with van der Waals surface area (Å²) >= 11 is 0. The first-order chi connectivity index (χ1) is 28.8. The normalized spacial score (nSPS) is 14.1. The van der Waals surface area contributed by atoms with Gasteiger partial charge in [0.25, 0.3) is 0 Å². The van der Waals surface area contributed by atoms with Crippen LogP contribution in [0.25, 0.3) is 43.8 Å². The minimum atomic E-state index is -1.20. The molecule has 1 unspecified atom stereocenters. The molecule has 60 heavy (non-hydrogen) atoms. The Morgan fingerprint density at radius 1 is 0.617 bits per heavy atom. The number of fused-ring (bicyclic) bond motifs is 4. The van der Waals surface area contributed by atoms with Crippen molar-refractivity contribution < 1.29 is 52.3 Å². The zero-order valence-electron chi connectivity index (χ0n) is 33.6. The molecule has 2 aliphatic heterocycles. The van der Waals surface area contributed by atoms with E-state index in [9.17, 15) is 24.9 Å². The van der Waals surface area contributed by atoms with E-state index in [0.29, 0.717) is 83.5 Å². The number of benzene rings is 6. The lowest BCUT2D eigenvalue weighted by Gasteiger charge is -2.28. The molecule has 13 nitrogen and oxygen atoms in total. The molecule has 1 atom stereocenters. The number of rotatable bonds is 8. The first kappa shape index (κ1) is 39.1. The standard InChI is InChI=1S/C47H36N2O11/c1-47(2,3)43-40-39(45(51)60-43)37(26-14-10-24(21-49)11-15-26)28-17-33(54-5)35(56-7)19-30(28)42(40)59-46(52)58-41-29-18-34(55-6)32(53-4)16-27(29)36(38-31(41)22-57-44(38)50)25-12-8-23(20-48)9-13-25/h8-19,43H,22H2,1-7H3. The van der Waals surface area contributed by atoms with Crippen LogP contribution in [0.3, 0.4) is 0 Å². The maximum Gasteiger partial charge on any atom is 0.519 e. The van der Waals surface area contributed by atoms with Crippen molar-refractivity contribution in [1.29, 1.82) is 10.5 Å². The van der Waals surface area contributed by atoms with Crippen LogP contribution in [-0.4, -0.2) is 46.5 Å². The second kappa shape index (κ2) is 14.9. The van der Waals surface area contributed by atoms with Crippen LogP contribution in [0.15, 0.2) is 72.8 Å². The Balaban J connectivity index is 1.37. The Hall–Kier alpha value is -7.77. The fourth-order valence-electron chi connectivity index (χ4n) is 7.94. The van der Waals surface area contributed by atoms with E-state index in [2.05, 4.69) is 12.1 Å². The van der Waals surface area contributed by atoms with Crippen molar-refractivity contribution in [3.63, 3.8) is 0 Å². The van der Waals surface area contributed by atoms with E-state index < -0.39 is 29.6 Å². The quantitative estimate of drug-likeness (QED) is 0.105. The molecule has 2 heterocycles. The second-order valence-corrected chi connectivity index (χ2v) is 15.1. The van der Waals surface area contributed by atoms with Gasteiger partial charge in [0.2, 0.25) is 0 Å². The van der Waals surface area contributed by atoms with E-state index in [4.69, 9.17) is 37.9 Å². The summed E-state index contributed by atoms with van der Waals surface area (Å²) in [4.78, 5) is 42.2. The van der Waals surface area contributed by atoms with Crippen LogP contribution in [0.4, 0.5) is 4.79 Å². The molecule has 6 aromatic rings. The molecule has 0 amide bonds. The first-order valence-electron chi connectivity index (χ1n) is 18.6. The van der Waals surface area contributed by atoms with Crippen molar-refractivity contribution in [2.45, 2.75) is 33.5 Å². The lowest BCUT2D eigenvalue weighted by molar-refractivity contribution is 0.00729. The van der Waals surface area contributed by atoms with E-state index in [1.807, 2.05) is 20.8 Å². The molecule has 2 aliphatic rings. The molecule has 6 aromatic carbocycles. The van der Waals surface area contributed by atoms with Gasteiger partial charge >= 0.3 is 18.1 Å². The van der Waals surface area contributed by atoms with Gasteiger partial charge in [-0.2, -0.15) is 10.5 Å². The molecule has 0 spiro atoms. The summed E-state index contributed by atoms with van der Waals surface area (Å²) in [5, 5.41) is 20.7. The van der Waals surface area contributed by atoms with Crippen LogP contribution in [-0.2, 0) is 16.1 Å². The SMILES string of the molecule is COc1cc2c(OC(=O)Oc3c4c(c(-c5ccc(C#N)cc5)c5cc(OC)c(OC)cc35)C(=O)OC4C(C)(C)C)c3c(c(-c4ccc(C#N)cc4)c2cc1OC)C(=O)OC3. The van der Waals surface area contributed by atoms with Gasteiger partial charge in [0.1, 0.15) is 24.2 Å². The van der Waals surface area contributed by atoms with E-state index in [-0.39, 0.29) is 34.8 Å². The molecule has 300 valence electrons. The third-order valence-electron chi connectivity index (χ3n) is 10.7. The minimum Gasteiger partial charge on any atom is -0.493 e. The highest BCUT2D eigenvalue weighted by Gasteiger charge is 2.45. The highest BCUT2D eigenvalue weighted by Crippen LogP contribution is 2.55. The number of methoxy groups -OCH3 is 4. The lowest BCUT2D eigenvalue weighted by Crippen LogP contribution is -2.21. The van der Waals surface area contributed by atoms with Gasteiger partial charge < -0.3 is 37.9 Å². The zero-order chi connectivity index (χ0) is 42.6. The highest BCUT2D eigenvalue weighted by molar-refractivity contribution is 6.16. The molecule has 0 saturated heterocycles. The molecule has 0 aliphatic carbocycles. The summed E-state index contributed by atoms with van der Waals surface area (Å²) in [6, 6.07) is 24.3. The predicted octanol–water partition coefficient (Wildman–Crippen LogP) is 9.61. The van der Waals surface area contributed by atoms with Crippen LogP contribution < -0.4 is 28.4 Å². The number of carbonyl (C=O) groups is 3. The maximum absolute atomic E-state index is 14.5. The number of nitrogens with zero attached hydrogens (tertiary/aromatic N) is 2. The van der Waals surface area contributed by atoms with Gasteiger partial charge in [-0.25, -0.2) is 14.4 Å². The average Bonchev–Trinajstić information content (AvgIpc) is 3.82. The largest absolute Gasteiger partial charge is 0.519 e. The van der Waals surface area contributed by atoms with Crippen LogP contribution >= 0.6 is 0 Å². The molecule has 0 N–H and O–H groups in total. The van der Waals surface area contributed by atoms with Gasteiger partial charge in [0.15, 0.2) is 23.0 Å². The van der Waals surface area contributed by atoms with E-state index in [1.54, 1.807) is 72.8 Å². The summed E-state index contributed by atoms with van der Waals surface area (Å²) < 4.78 is 46.8. The van der Waals surface area contributed by atoms with Crippen LogP contribution in [0.1, 0.15) is 69.8 Å². The number of nitriles is 2. The van der Waals surface area contributed by atoms with Gasteiger partial charge in [-0.15, -0.1) is 0 Å². The molecule has 8 rings (SSSR count). The van der Waals surface area contributed by atoms with Crippen molar-refractivity contribution >= 4 is 39.6 Å². The zero-order valence-corrected chi connectivity index (χ0v) is 33.6. The summed E-state index contributed by atoms with van der Waals surface area (Å²) in [5.74, 6) is -0.0307. The lowest BCUT2D eigenvalue weighted by atomic mass is 9.80. The Morgan fingerprint density at radius 2 is 1.05 bits per heavy atom. The average molecular weight is 805 g/mol. The fourth-order valence-corrected chi connectivity index (χ4v) is 7.94. The number of esters is 2. The Bertz CT molecular complexity index is 2900. The molecular formula is C47H36N2O11. The molecule has 0 saturated carbocycles. The number of hydrogen-bond donors (Lipinski definition) is 0. The van der Waals surface area contributed by atoms with Crippen LogP contribution in [0.5, 0.6) is 34.5 Å². The smallest absolute Gasteiger partial charge is 0.493 e. The van der Waals surface area contributed by atoms with Crippen LogP contribution in [0, 0.1) is 28.1 Å². The third-order valence-corrected chi connectivity index (χ3v) is 10.7. The van der Waals surface area contributed by atoms with E-state index in [1.165, 1.54) is 28.4 Å². The topological polar surface area (TPSA) is 173 Å². The molecular weight excluding hydrogens is 769 g/mol.